The van der Waals surface area contributed by atoms with Crippen LogP contribution in [0.5, 0.6) is 5.75 Å². The van der Waals surface area contributed by atoms with Crippen molar-refractivity contribution in [1.82, 2.24) is 0 Å². The minimum absolute atomic E-state index is 0.0716. The fraction of sp³-hybridized carbons (Fsp3) is 0.111. The molecule has 1 rings (SSSR count). The van der Waals surface area contributed by atoms with E-state index in [1.807, 2.05) is 0 Å². The number of rotatable bonds is 3. The Morgan fingerprint density at radius 1 is 1.50 bits per heavy atom. The van der Waals surface area contributed by atoms with Crippen LogP contribution in [0.3, 0.4) is 0 Å². The zero-order chi connectivity index (χ0) is 10.4. The summed E-state index contributed by atoms with van der Waals surface area (Å²) in [4.78, 5) is 3.54. The van der Waals surface area contributed by atoms with E-state index < -0.39 is 0 Å². The number of benzene rings is 1. The van der Waals surface area contributed by atoms with Gasteiger partial charge in [0.2, 0.25) is 10.5 Å². The van der Waals surface area contributed by atoms with Crippen LogP contribution in [0.25, 0.3) is 4.98 Å². The predicted octanol–water partition coefficient (Wildman–Crippen LogP) is 3.00. The Kier molecular flexibility index (Phi) is 3.83. The number of aliphatic hydroxyl groups excluding tert-OH is 1. The van der Waals surface area contributed by atoms with Gasteiger partial charge in [-0.3, -0.25) is 0 Å². The van der Waals surface area contributed by atoms with Crippen molar-refractivity contribution in [1.29, 1.82) is 5.39 Å². The summed E-state index contributed by atoms with van der Waals surface area (Å²) in [5.74, 6) is 0.754. The molecule has 0 aliphatic carbocycles. The summed E-state index contributed by atoms with van der Waals surface area (Å²) in [5.41, 5.74) is 0. The first-order valence-electron chi connectivity index (χ1n) is 3.81. The highest BCUT2D eigenvalue weighted by Crippen LogP contribution is 2.26. The second-order valence-corrected chi connectivity index (χ2v) is 3.45. The Hall–Kier alpha value is -1.67. The van der Waals surface area contributed by atoms with Gasteiger partial charge in [-0.1, -0.05) is 0 Å². The third-order valence-electron chi connectivity index (χ3n) is 1.45. The number of nitrogens with zero attached hydrogens (tertiary/aromatic N) is 2. The van der Waals surface area contributed by atoms with Crippen LogP contribution in [0, 0.1) is 5.39 Å². The highest BCUT2D eigenvalue weighted by Gasteiger charge is 2.02. The Morgan fingerprint density at radius 2 is 2.14 bits per heavy atom. The zero-order valence-corrected chi connectivity index (χ0v) is 8.36. The first-order chi connectivity index (χ1) is 6.76. The molecular formula is C9H9N2O2S+. The fourth-order valence-electron chi connectivity index (χ4n) is 0.840. The van der Waals surface area contributed by atoms with Crippen LogP contribution in [0.15, 0.2) is 40.5 Å². The molecule has 0 aliphatic rings. The zero-order valence-electron chi connectivity index (χ0n) is 7.54. The van der Waals surface area contributed by atoms with Crippen LogP contribution in [0.4, 0.5) is 0 Å². The number of hydrogen-bond acceptors (Lipinski definition) is 4. The van der Waals surface area contributed by atoms with Crippen LogP contribution in [0.2, 0.25) is 0 Å². The van der Waals surface area contributed by atoms with E-state index in [-0.39, 0.29) is 5.09 Å². The summed E-state index contributed by atoms with van der Waals surface area (Å²) in [5, 5.41) is 17.2. The summed E-state index contributed by atoms with van der Waals surface area (Å²) in [7, 11) is 1.59. The van der Waals surface area contributed by atoms with Crippen molar-refractivity contribution in [3.8, 4) is 5.75 Å². The molecule has 0 bridgehead atoms. The van der Waals surface area contributed by atoms with Gasteiger partial charge in [0.15, 0.2) is 4.98 Å². The molecule has 0 unspecified atom stereocenters. The van der Waals surface area contributed by atoms with Crippen molar-refractivity contribution in [2.24, 2.45) is 0 Å². The summed E-state index contributed by atoms with van der Waals surface area (Å²) in [6.45, 7) is 0. The number of methoxy groups -OCH3 is 1. The molecular weight excluding hydrogens is 200 g/mol. The molecule has 14 heavy (non-hydrogen) atoms. The number of aliphatic hydroxyl groups is 1. The van der Waals surface area contributed by atoms with Crippen LogP contribution >= 0.6 is 11.8 Å². The molecule has 0 saturated heterocycles. The van der Waals surface area contributed by atoms with E-state index in [0.29, 0.717) is 0 Å². The molecule has 1 aromatic rings. The number of hydrogen-bond donors (Lipinski definition) is 1. The summed E-state index contributed by atoms with van der Waals surface area (Å²) < 4.78 is 4.98. The predicted molar refractivity (Wildman–Crippen MR) is 54.6 cm³/mol. The molecule has 0 aliphatic heterocycles. The summed E-state index contributed by atoms with van der Waals surface area (Å²) in [6, 6.07) is 7.16. The lowest BCUT2D eigenvalue weighted by atomic mass is 10.3. The lowest BCUT2D eigenvalue weighted by molar-refractivity contribution is 0.414. The van der Waals surface area contributed by atoms with Gasteiger partial charge in [-0.15, -0.1) is 0 Å². The van der Waals surface area contributed by atoms with Crippen LogP contribution in [-0.2, 0) is 0 Å². The molecule has 0 aromatic heterocycles. The topological polar surface area (TPSA) is 57.6 Å². The number of ether oxygens (including phenoxy) is 1. The molecule has 4 nitrogen and oxygen atoms in total. The van der Waals surface area contributed by atoms with Gasteiger partial charge in [0.1, 0.15) is 5.75 Å². The van der Waals surface area contributed by atoms with Crippen molar-refractivity contribution in [3.05, 3.63) is 40.5 Å². The smallest absolute Gasteiger partial charge is 0.398 e. The largest absolute Gasteiger partial charge is 0.497 e. The molecule has 0 spiro atoms. The minimum Gasteiger partial charge on any atom is -0.497 e. The van der Waals surface area contributed by atoms with Crippen LogP contribution in [-0.4, -0.2) is 12.2 Å². The Morgan fingerprint density at radius 3 is 2.64 bits per heavy atom. The van der Waals surface area contributed by atoms with Crippen molar-refractivity contribution in [2.75, 3.05) is 7.11 Å². The second-order valence-electron chi connectivity index (χ2n) is 2.36. The van der Waals surface area contributed by atoms with Crippen LogP contribution in [0.1, 0.15) is 0 Å². The first-order valence-corrected chi connectivity index (χ1v) is 4.63. The van der Waals surface area contributed by atoms with Crippen molar-refractivity contribution >= 4 is 11.8 Å². The number of thioether (sulfide) groups is 1. The molecule has 72 valence electrons. The quantitative estimate of drug-likeness (QED) is 0.472. The van der Waals surface area contributed by atoms with Gasteiger partial charge in [-0.25, -0.2) is 0 Å². The molecule has 0 amide bonds. The van der Waals surface area contributed by atoms with E-state index in [4.69, 9.17) is 15.2 Å². The molecule has 5 heteroatoms. The lowest BCUT2D eigenvalue weighted by Crippen LogP contribution is -1.81. The van der Waals surface area contributed by atoms with Crippen LogP contribution < -0.4 is 4.74 Å². The van der Waals surface area contributed by atoms with E-state index in [1.54, 1.807) is 31.4 Å². The Balaban J connectivity index is 2.70. The molecule has 0 heterocycles. The average Bonchev–Trinajstić information content (AvgIpc) is 2.19. The summed E-state index contributed by atoms with van der Waals surface area (Å²) in [6.07, 6.45) is 0.967. The van der Waals surface area contributed by atoms with E-state index in [1.165, 1.54) is 0 Å². The number of diazo groups is 1. The van der Waals surface area contributed by atoms with E-state index >= 15 is 0 Å². The SMILES string of the molecule is COc1ccc(S/C(O)=C/[N+]#N)cc1. The van der Waals surface area contributed by atoms with E-state index in [9.17, 15) is 0 Å². The molecule has 0 radical (unpaired) electrons. The third kappa shape index (κ3) is 2.99. The van der Waals surface area contributed by atoms with Crippen molar-refractivity contribution in [3.63, 3.8) is 0 Å². The first kappa shape index (κ1) is 10.4. The molecule has 1 aromatic carbocycles. The Bertz CT molecular complexity index is 367. The molecule has 1 N–H and O–H groups in total. The van der Waals surface area contributed by atoms with Crippen molar-refractivity contribution < 1.29 is 9.84 Å². The van der Waals surface area contributed by atoms with Gasteiger partial charge < -0.3 is 9.84 Å². The van der Waals surface area contributed by atoms with E-state index in [0.717, 1.165) is 28.6 Å². The van der Waals surface area contributed by atoms with Gasteiger partial charge in [0.05, 0.1) is 7.11 Å². The fourth-order valence-corrected chi connectivity index (χ4v) is 1.45. The summed E-state index contributed by atoms with van der Waals surface area (Å²) >= 11 is 1.09. The standard InChI is InChI=1S/C9H8N2O2S/c1-13-7-2-4-8(5-3-7)14-9(12)6-11-10/h2-6H,1H3/p+1/b9-6+. The van der Waals surface area contributed by atoms with Gasteiger partial charge in [-0.05, 0) is 36.0 Å². The third-order valence-corrected chi connectivity index (χ3v) is 2.27. The van der Waals surface area contributed by atoms with Gasteiger partial charge in [0.25, 0.3) is 0 Å². The van der Waals surface area contributed by atoms with Gasteiger partial charge in [0, 0.05) is 4.90 Å². The monoisotopic (exact) mass is 209 g/mol. The van der Waals surface area contributed by atoms with Gasteiger partial charge in [-0.2, -0.15) is 0 Å². The second kappa shape index (κ2) is 5.14. The lowest BCUT2D eigenvalue weighted by Gasteiger charge is -2.00. The minimum atomic E-state index is -0.0716. The Labute approximate surface area is 85.8 Å². The van der Waals surface area contributed by atoms with Gasteiger partial charge >= 0.3 is 6.20 Å². The van der Waals surface area contributed by atoms with E-state index in [2.05, 4.69) is 4.98 Å². The maximum absolute atomic E-state index is 9.17. The highest BCUT2D eigenvalue weighted by atomic mass is 32.2. The molecule has 0 saturated carbocycles. The average molecular weight is 209 g/mol. The maximum Gasteiger partial charge on any atom is 0.398 e. The molecule has 0 fully saturated rings. The maximum atomic E-state index is 9.17. The molecule has 0 atom stereocenters. The van der Waals surface area contributed by atoms with Crippen molar-refractivity contribution in [2.45, 2.75) is 4.90 Å². The highest BCUT2D eigenvalue weighted by molar-refractivity contribution is 8.02. The normalized spacial score (nSPS) is 10.7.